The quantitative estimate of drug-likeness (QED) is 0.386. The summed E-state index contributed by atoms with van der Waals surface area (Å²) in [6.07, 6.45) is 0. The molecule has 0 atom stereocenters. The molecule has 0 fully saturated rings. The molecule has 3 heteroatoms. The van der Waals surface area contributed by atoms with Crippen LogP contribution in [-0.4, -0.2) is 22.7 Å². The van der Waals surface area contributed by atoms with Gasteiger partial charge in [-0.1, -0.05) is 19.7 Å². The van der Waals surface area contributed by atoms with Gasteiger partial charge in [0.1, 0.15) is 6.73 Å². The van der Waals surface area contributed by atoms with E-state index in [1.807, 2.05) is 6.92 Å². The lowest BCUT2D eigenvalue weighted by molar-refractivity contribution is 0.197. The first kappa shape index (κ1) is 6.27. The molecule has 0 aromatic rings. The van der Waals surface area contributed by atoms with Gasteiger partial charge in [-0.05, 0) is 0 Å². The molecular weight excluding hydrogens is 98.1 g/mol. The van der Waals surface area contributed by atoms with Crippen molar-refractivity contribution in [3.63, 3.8) is 0 Å². The van der Waals surface area contributed by atoms with Crippen LogP contribution in [-0.2, 0) is 0 Å². The molecule has 1 N–H and O–H groups in total. The average molecular weight is 107 g/mol. The topological polar surface area (TPSA) is 23.5 Å². The highest BCUT2D eigenvalue weighted by molar-refractivity contribution is 7.77. The van der Waals surface area contributed by atoms with Crippen LogP contribution in [0.3, 0.4) is 0 Å². The summed E-state index contributed by atoms with van der Waals surface area (Å²) in [6.45, 7) is 2.72. The van der Waals surface area contributed by atoms with Gasteiger partial charge in [-0.3, -0.25) is 0 Å². The Bertz CT molecular complexity index is 30.0. The van der Waals surface area contributed by atoms with E-state index in [1.54, 1.807) is 0 Å². The number of rotatable bonds is 2. The molecular formula is C3H9NOS. The van der Waals surface area contributed by atoms with Crippen molar-refractivity contribution >= 4 is 12.8 Å². The van der Waals surface area contributed by atoms with Gasteiger partial charge in [-0.25, -0.2) is 4.31 Å². The molecule has 0 spiro atoms. The normalized spacial score (nSPS) is 10.0. The molecule has 0 aliphatic heterocycles. The number of thiol groups is 1. The number of hydrogen-bond acceptors (Lipinski definition) is 3. The van der Waals surface area contributed by atoms with Crippen molar-refractivity contribution in [3.05, 3.63) is 0 Å². The fraction of sp³-hybridized carbons (Fsp3) is 1.00. The third-order valence-corrected chi connectivity index (χ3v) is 0.938. The summed E-state index contributed by atoms with van der Waals surface area (Å²) in [7, 11) is 0. The largest absolute Gasteiger partial charge is 0.380 e. The van der Waals surface area contributed by atoms with Gasteiger partial charge in [-0.2, -0.15) is 0 Å². The molecule has 0 saturated carbocycles. The van der Waals surface area contributed by atoms with Gasteiger partial charge >= 0.3 is 0 Å². The Morgan fingerprint density at radius 1 is 1.83 bits per heavy atom. The molecule has 0 unspecified atom stereocenters. The lowest BCUT2D eigenvalue weighted by atomic mass is 10.8. The van der Waals surface area contributed by atoms with Crippen LogP contribution in [0.4, 0.5) is 0 Å². The lowest BCUT2D eigenvalue weighted by Gasteiger charge is -2.04. The Morgan fingerprint density at radius 3 is 2.33 bits per heavy atom. The number of aliphatic hydroxyl groups is 1. The first-order valence-corrected chi connectivity index (χ1v) is 2.26. The first-order valence-electron chi connectivity index (χ1n) is 1.86. The standard InChI is InChI=1S/C3H9NOS/c1-2-4(6)3-5/h5-6H,2-3H2,1H3. The van der Waals surface area contributed by atoms with Crippen molar-refractivity contribution < 1.29 is 5.11 Å². The molecule has 0 aliphatic carbocycles. The highest BCUT2D eigenvalue weighted by atomic mass is 32.1. The first-order chi connectivity index (χ1) is 2.81. The minimum Gasteiger partial charge on any atom is -0.380 e. The van der Waals surface area contributed by atoms with Crippen LogP contribution in [0.1, 0.15) is 6.92 Å². The van der Waals surface area contributed by atoms with E-state index in [-0.39, 0.29) is 6.73 Å². The Kier molecular flexibility index (Phi) is 3.62. The highest BCUT2D eigenvalue weighted by Gasteiger charge is 1.84. The highest BCUT2D eigenvalue weighted by Crippen LogP contribution is 1.84. The number of nitrogens with zero attached hydrogens (tertiary/aromatic N) is 1. The molecule has 0 aromatic carbocycles. The van der Waals surface area contributed by atoms with Crippen LogP contribution in [0.15, 0.2) is 0 Å². The number of aliphatic hydroxyl groups excluding tert-OH is 1. The van der Waals surface area contributed by atoms with Crippen molar-refractivity contribution in [1.82, 2.24) is 4.31 Å². The van der Waals surface area contributed by atoms with Crippen LogP contribution in [0.2, 0.25) is 0 Å². The summed E-state index contributed by atoms with van der Waals surface area (Å²) in [5.74, 6) is 0. The monoisotopic (exact) mass is 107 g/mol. The van der Waals surface area contributed by atoms with Crippen LogP contribution < -0.4 is 0 Å². The maximum atomic E-state index is 8.18. The summed E-state index contributed by atoms with van der Waals surface area (Å²) in [6, 6.07) is 0. The summed E-state index contributed by atoms with van der Waals surface area (Å²) >= 11 is 3.81. The Hall–Kier alpha value is 0.270. The number of hydrogen-bond donors (Lipinski definition) is 2. The molecule has 0 amide bonds. The summed E-state index contributed by atoms with van der Waals surface area (Å²) < 4.78 is 1.50. The van der Waals surface area contributed by atoms with Crippen LogP contribution >= 0.6 is 12.8 Å². The van der Waals surface area contributed by atoms with Gasteiger partial charge in [0.25, 0.3) is 0 Å². The summed E-state index contributed by atoms with van der Waals surface area (Å²) in [4.78, 5) is 0. The second-order valence-corrected chi connectivity index (χ2v) is 1.53. The second-order valence-electron chi connectivity index (χ2n) is 0.964. The summed E-state index contributed by atoms with van der Waals surface area (Å²) in [5.41, 5.74) is 0. The molecule has 0 heterocycles. The fourth-order valence-corrected chi connectivity index (χ4v) is 0.1000. The smallest absolute Gasteiger partial charge is 0.104 e. The minimum absolute atomic E-state index is 0.0274. The van der Waals surface area contributed by atoms with Crippen molar-refractivity contribution in [2.75, 3.05) is 13.3 Å². The second kappa shape index (κ2) is 3.46. The van der Waals surface area contributed by atoms with E-state index in [1.165, 1.54) is 4.31 Å². The van der Waals surface area contributed by atoms with Gasteiger partial charge in [0.2, 0.25) is 0 Å². The zero-order chi connectivity index (χ0) is 4.99. The zero-order valence-electron chi connectivity index (χ0n) is 3.76. The van der Waals surface area contributed by atoms with E-state index in [0.29, 0.717) is 0 Å². The van der Waals surface area contributed by atoms with E-state index >= 15 is 0 Å². The molecule has 6 heavy (non-hydrogen) atoms. The van der Waals surface area contributed by atoms with Crippen molar-refractivity contribution in [2.24, 2.45) is 0 Å². The van der Waals surface area contributed by atoms with E-state index in [9.17, 15) is 0 Å². The third kappa shape index (κ3) is 2.50. The molecule has 0 bridgehead atoms. The van der Waals surface area contributed by atoms with E-state index in [2.05, 4.69) is 12.8 Å². The van der Waals surface area contributed by atoms with Gasteiger partial charge < -0.3 is 5.11 Å². The van der Waals surface area contributed by atoms with Gasteiger partial charge in [0, 0.05) is 6.54 Å². The maximum Gasteiger partial charge on any atom is 0.104 e. The molecule has 38 valence electrons. The van der Waals surface area contributed by atoms with E-state index < -0.39 is 0 Å². The fourth-order valence-electron chi connectivity index (χ4n) is 0.1000. The molecule has 2 nitrogen and oxygen atoms in total. The third-order valence-electron chi connectivity index (χ3n) is 0.528. The average Bonchev–Trinajstić information content (AvgIpc) is 1.65. The van der Waals surface area contributed by atoms with Gasteiger partial charge in [-0.15, -0.1) is 0 Å². The molecule has 0 aliphatic rings. The SMILES string of the molecule is CCN(S)CO. The Balaban J connectivity index is 2.75. The van der Waals surface area contributed by atoms with E-state index in [4.69, 9.17) is 5.11 Å². The van der Waals surface area contributed by atoms with Gasteiger partial charge in [0.05, 0.1) is 0 Å². The molecule has 0 rings (SSSR count). The zero-order valence-corrected chi connectivity index (χ0v) is 4.65. The summed E-state index contributed by atoms with van der Waals surface area (Å²) in [5, 5.41) is 8.18. The molecule has 0 radical (unpaired) electrons. The predicted octanol–water partition coefficient (Wildman–Crippen LogP) is 0.103. The van der Waals surface area contributed by atoms with Crippen molar-refractivity contribution in [3.8, 4) is 0 Å². The van der Waals surface area contributed by atoms with Crippen LogP contribution in [0, 0.1) is 0 Å². The lowest BCUT2D eigenvalue weighted by Crippen LogP contribution is -2.11. The van der Waals surface area contributed by atoms with Crippen LogP contribution in [0.25, 0.3) is 0 Å². The van der Waals surface area contributed by atoms with Crippen LogP contribution in [0.5, 0.6) is 0 Å². The maximum absolute atomic E-state index is 8.18. The van der Waals surface area contributed by atoms with E-state index in [0.717, 1.165) is 6.54 Å². The van der Waals surface area contributed by atoms with Crippen molar-refractivity contribution in [2.45, 2.75) is 6.92 Å². The minimum atomic E-state index is 0.0274. The Morgan fingerprint density at radius 2 is 2.33 bits per heavy atom. The van der Waals surface area contributed by atoms with Gasteiger partial charge in [0.15, 0.2) is 0 Å². The Labute approximate surface area is 43.3 Å². The molecule has 0 saturated heterocycles. The predicted molar refractivity (Wildman–Crippen MR) is 28.5 cm³/mol. The van der Waals surface area contributed by atoms with Crippen molar-refractivity contribution in [1.29, 1.82) is 0 Å². The molecule has 0 aromatic heterocycles.